The molecule has 1 aliphatic carbocycles. The monoisotopic (exact) mass is 367 g/mol. The fourth-order valence-electron chi connectivity index (χ4n) is 3.00. The molecule has 6 nitrogen and oxygen atoms in total. The van der Waals surface area contributed by atoms with E-state index >= 15 is 0 Å². The molecule has 3 N–H and O–H groups in total. The lowest BCUT2D eigenvalue weighted by Crippen LogP contribution is -2.45. The predicted octanol–water partition coefficient (Wildman–Crippen LogP) is 2.11. The molecule has 0 spiro atoms. The molecule has 7 heteroatoms. The summed E-state index contributed by atoms with van der Waals surface area (Å²) < 4.78 is 27.0. The lowest BCUT2D eigenvalue weighted by Gasteiger charge is -2.30. The minimum atomic E-state index is -3.53. The van der Waals surface area contributed by atoms with E-state index in [0.717, 1.165) is 25.7 Å². The van der Waals surface area contributed by atoms with Crippen LogP contribution in [0.3, 0.4) is 0 Å². The van der Waals surface area contributed by atoms with Gasteiger partial charge in [0.15, 0.2) is 0 Å². The van der Waals surface area contributed by atoms with Gasteiger partial charge >= 0.3 is 0 Å². The molecule has 1 aromatic rings. The topological polar surface area (TPSA) is 92.5 Å². The van der Waals surface area contributed by atoms with Crippen LogP contribution in [0.2, 0.25) is 0 Å². The van der Waals surface area contributed by atoms with Crippen LogP contribution in [0.1, 0.15) is 56.3 Å². The van der Waals surface area contributed by atoms with Gasteiger partial charge in [0.25, 0.3) is 5.91 Å². The molecular weight excluding hydrogens is 338 g/mol. The summed E-state index contributed by atoms with van der Waals surface area (Å²) in [4.78, 5) is 12.3. The van der Waals surface area contributed by atoms with E-state index in [1.807, 2.05) is 13.8 Å². The lowest BCUT2D eigenvalue weighted by atomic mass is 9.96. The van der Waals surface area contributed by atoms with Gasteiger partial charge in [0.2, 0.25) is 10.0 Å². The second kappa shape index (κ2) is 7.85. The van der Waals surface area contributed by atoms with Crippen molar-refractivity contribution in [1.29, 1.82) is 0 Å². The van der Waals surface area contributed by atoms with E-state index in [4.69, 9.17) is 5.73 Å². The Morgan fingerprint density at radius 3 is 2.28 bits per heavy atom. The average Bonchev–Trinajstić information content (AvgIpc) is 2.59. The summed E-state index contributed by atoms with van der Waals surface area (Å²) in [7, 11) is -1.89. The van der Waals surface area contributed by atoms with Crippen LogP contribution < -0.4 is 11.1 Å². The zero-order chi connectivity index (χ0) is 18.7. The number of carbonyl (C=O) groups is 1. The van der Waals surface area contributed by atoms with E-state index in [9.17, 15) is 13.2 Å². The number of nitrogens with one attached hydrogen (secondary N) is 1. The second-order valence-corrected chi connectivity index (χ2v) is 9.51. The van der Waals surface area contributed by atoms with Crippen LogP contribution in [0.15, 0.2) is 29.2 Å². The number of hydrogen-bond donors (Lipinski definition) is 2. The van der Waals surface area contributed by atoms with Gasteiger partial charge in [0.05, 0.1) is 4.90 Å². The van der Waals surface area contributed by atoms with Gasteiger partial charge in [-0.05, 0) is 51.0 Å². The van der Waals surface area contributed by atoms with Crippen LogP contribution in [0.5, 0.6) is 0 Å². The minimum absolute atomic E-state index is 0.0634. The van der Waals surface area contributed by atoms with E-state index in [0.29, 0.717) is 12.1 Å². The van der Waals surface area contributed by atoms with Crippen molar-refractivity contribution in [3.63, 3.8) is 0 Å². The smallest absolute Gasteiger partial charge is 0.251 e. The Balaban J connectivity index is 2.08. The van der Waals surface area contributed by atoms with Crippen molar-refractivity contribution in [2.45, 2.75) is 62.4 Å². The highest BCUT2D eigenvalue weighted by Gasteiger charge is 2.29. The third kappa shape index (κ3) is 5.26. The number of nitrogens with zero attached hydrogens (tertiary/aromatic N) is 1. The first-order valence-corrected chi connectivity index (χ1v) is 10.2. The van der Waals surface area contributed by atoms with E-state index in [1.165, 1.54) is 22.9 Å². The van der Waals surface area contributed by atoms with Crippen LogP contribution in [-0.2, 0) is 10.0 Å². The fourth-order valence-corrected chi connectivity index (χ4v) is 4.41. The summed E-state index contributed by atoms with van der Waals surface area (Å²) in [6.45, 7) is 3.99. The highest BCUT2D eigenvalue weighted by Crippen LogP contribution is 2.26. The van der Waals surface area contributed by atoms with Crippen molar-refractivity contribution in [2.75, 3.05) is 13.6 Å². The Kier molecular flexibility index (Phi) is 6.24. The Hall–Kier alpha value is -1.44. The quantitative estimate of drug-likeness (QED) is 0.805. The van der Waals surface area contributed by atoms with E-state index < -0.39 is 15.6 Å². The van der Waals surface area contributed by atoms with Crippen molar-refractivity contribution >= 4 is 15.9 Å². The first-order chi connectivity index (χ1) is 11.6. The molecule has 1 fully saturated rings. The molecule has 25 heavy (non-hydrogen) atoms. The molecule has 1 saturated carbocycles. The summed E-state index contributed by atoms with van der Waals surface area (Å²) >= 11 is 0. The van der Waals surface area contributed by atoms with E-state index in [2.05, 4.69) is 5.32 Å². The second-order valence-electron chi connectivity index (χ2n) is 7.51. The molecule has 0 radical (unpaired) electrons. The van der Waals surface area contributed by atoms with Crippen LogP contribution in [0, 0.1) is 0 Å². The van der Waals surface area contributed by atoms with Gasteiger partial charge in [-0.2, -0.15) is 4.31 Å². The predicted molar refractivity (Wildman–Crippen MR) is 98.9 cm³/mol. The molecule has 0 atom stereocenters. The van der Waals surface area contributed by atoms with Crippen molar-refractivity contribution in [3.05, 3.63) is 29.8 Å². The third-order valence-corrected chi connectivity index (χ3v) is 6.51. The maximum absolute atomic E-state index is 12.8. The highest BCUT2D eigenvalue weighted by molar-refractivity contribution is 7.89. The molecule has 0 heterocycles. The molecule has 1 aromatic carbocycles. The summed E-state index contributed by atoms with van der Waals surface area (Å²) in [6, 6.07) is 6.14. The number of benzene rings is 1. The number of rotatable bonds is 6. The van der Waals surface area contributed by atoms with Gasteiger partial charge in [0, 0.05) is 30.7 Å². The molecular formula is C18H29N3O3S. The molecule has 2 rings (SSSR count). The molecule has 0 unspecified atom stereocenters. The molecule has 0 aliphatic heterocycles. The van der Waals surface area contributed by atoms with E-state index in [1.54, 1.807) is 19.2 Å². The van der Waals surface area contributed by atoms with Gasteiger partial charge < -0.3 is 11.1 Å². The standard InChI is InChI=1S/C18H29N3O3S/c1-18(2,19)13-20-17(22)14-9-11-16(12-10-14)25(23,24)21(3)15-7-5-4-6-8-15/h9-12,15H,4-8,13,19H2,1-3H3,(H,20,22). The zero-order valence-electron chi connectivity index (χ0n) is 15.3. The normalized spacial score (nSPS) is 16.8. The Bertz CT molecular complexity index is 687. The Labute approximate surface area is 150 Å². The van der Waals surface area contributed by atoms with Gasteiger partial charge in [-0.15, -0.1) is 0 Å². The number of hydrogen-bond acceptors (Lipinski definition) is 4. The highest BCUT2D eigenvalue weighted by atomic mass is 32.2. The molecule has 140 valence electrons. The Morgan fingerprint density at radius 1 is 1.20 bits per heavy atom. The molecule has 0 saturated heterocycles. The molecule has 0 aromatic heterocycles. The zero-order valence-corrected chi connectivity index (χ0v) is 16.1. The van der Waals surface area contributed by atoms with Crippen molar-refractivity contribution < 1.29 is 13.2 Å². The van der Waals surface area contributed by atoms with Crippen LogP contribution in [0.25, 0.3) is 0 Å². The number of nitrogens with two attached hydrogens (primary N) is 1. The average molecular weight is 368 g/mol. The molecule has 0 bridgehead atoms. The largest absolute Gasteiger partial charge is 0.350 e. The SMILES string of the molecule is CN(C1CCCCC1)S(=O)(=O)c1ccc(C(=O)NCC(C)(C)N)cc1. The number of sulfonamides is 1. The van der Waals surface area contributed by atoms with Gasteiger partial charge in [-0.1, -0.05) is 19.3 Å². The first kappa shape index (κ1) is 19.9. The number of amides is 1. The third-order valence-electron chi connectivity index (χ3n) is 4.59. The lowest BCUT2D eigenvalue weighted by molar-refractivity contribution is 0.0946. The summed E-state index contributed by atoms with van der Waals surface area (Å²) in [5.74, 6) is -0.261. The van der Waals surface area contributed by atoms with Crippen LogP contribution in [-0.4, -0.2) is 43.8 Å². The minimum Gasteiger partial charge on any atom is -0.350 e. The number of carbonyl (C=O) groups excluding carboxylic acids is 1. The first-order valence-electron chi connectivity index (χ1n) is 8.76. The fraction of sp³-hybridized carbons (Fsp3) is 0.611. The van der Waals surface area contributed by atoms with Crippen molar-refractivity contribution in [1.82, 2.24) is 9.62 Å². The Morgan fingerprint density at radius 2 is 1.76 bits per heavy atom. The molecule has 1 amide bonds. The maximum atomic E-state index is 12.8. The van der Waals surface area contributed by atoms with Crippen molar-refractivity contribution in [2.24, 2.45) is 5.73 Å². The molecule has 1 aliphatic rings. The van der Waals surface area contributed by atoms with Gasteiger partial charge in [-0.25, -0.2) is 8.42 Å². The van der Waals surface area contributed by atoms with E-state index in [-0.39, 0.29) is 16.8 Å². The summed E-state index contributed by atoms with van der Waals surface area (Å²) in [5.41, 5.74) is 5.77. The summed E-state index contributed by atoms with van der Waals surface area (Å²) in [5, 5.41) is 2.75. The van der Waals surface area contributed by atoms with Crippen molar-refractivity contribution in [3.8, 4) is 0 Å². The van der Waals surface area contributed by atoms with Gasteiger partial charge in [-0.3, -0.25) is 4.79 Å². The summed E-state index contributed by atoms with van der Waals surface area (Å²) in [6.07, 6.45) is 5.13. The van der Waals surface area contributed by atoms with Crippen LogP contribution in [0.4, 0.5) is 0 Å². The maximum Gasteiger partial charge on any atom is 0.251 e. The van der Waals surface area contributed by atoms with Gasteiger partial charge in [0.1, 0.15) is 0 Å². The van der Waals surface area contributed by atoms with Crippen LogP contribution >= 0.6 is 0 Å².